The van der Waals surface area contributed by atoms with Gasteiger partial charge in [-0.15, -0.1) is 0 Å². The molecule has 0 heterocycles. The largest absolute Gasteiger partial charge is 0.478 e. The van der Waals surface area contributed by atoms with Crippen LogP contribution in [-0.4, -0.2) is 17.6 Å². The lowest BCUT2D eigenvalue weighted by Gasteiger charge is -2.06. The number of hydrogen-bond donors (Lipinski definition) is 2. The normalized spacial score (nSPS) is 10.5. The lowest BCUT2D eigenvalue weighted by Crippen LogP contribution is -2.00. The van der Waals surface area contributed by atoms with Gasteiger partial charge in [-0.25, -0.2) is 4.79 Å². The molecule has 0 fully saturated rings. The van der Waals surface area contributed by atoms with Crippen LogP contribution >= 0.6 is 15.9 Å². The van der Waals surface area contributed by atoms with Gasteiger partial charge in [-0.05, 0) is 40.5 Å². The summed E-state index contributed by atoms with van der Waals surface area (Å²) >= 11 is 3.41. The summed E-state index contributed by atoms with van der Waals surface area (Å²) in [5, 5.41) is 11.5. The summed E-state index contributed by atoms with van der Waals surface area (Å²) in [6.45, 7) is 2.50. The van der Waals surface area contributed by atoms with Gasteiger partial charge in [0.2, 0.25) is 0 Å². The van der Waals surface area contributed by atoms with Gasteiger partial charge < -0.3 is 10.4 Å². The van der Waals surface area contributed by atoms with E-state index in [1.807, 2.05) is 25.1 Å². The molecule has 0 amide bonds. The number of anilines is 1. The smallest absolute Gasteiger partial charge is 0.328 e. The standard InChI is InChI=1S/C11H12BrNO2/c1-8-4-5-9(12)10(7-8)13-6-2-3-11(14)15/h2-5,7,13H,6H2,1H3,(H,14,15)/b3-2+. The number of carbonyl (C=O) groups is 1. The summed E-state index contributed by atoms with van der Waals surface area (Å²) in [7, 11) is 0. The lowest BCUT2D eigenvalue weighted by atomic mass is 10.2. The average Bonchev–Trinajstić information content (AvgIpc) is 2.17. The molecule has 0 radical (unpaired) electrons. The molecule has 4 heteroatoms. The molecule has 0 saturated heterocycles. The van der Waals surface area contributed by atoms with Gasteiger partial charge in [-0.2, -0.15) is 0 Å². The number of carboxylic acids is 1. The van der Waals surface area contributed by atoms with Crippen molar-refractivity contribution in [3.05, 3.63) is 40.4 Å². The Labute approximate surface area is 96.9 Å². The molecule has 3 nitrogen and oxygen atoms in total. The summed E-state index contributed by atoms with van der Waals surface area (Å²) < 4.78 is 0.969. The van der Waals surface area contributed by atoms with Crippen molar-refractivity contribution in [1.29, 1.82) is 0 Å². The first kappa shape index (κ1) is 11.8. The van der Waals surface area contributed by atoms with Crippen molar-refractivity contribution in [2.45, 2.75) is 6.92 Å². The topological polar surface area (TPSA) is 49.3 Å². The highest BCUT2D eigenvalue weighted by molar-refractivity contribution is 9.10. The van der Waals surface area contributed by atoms with Gasteiger partial charge in [0.25, 0.3) is 0 Å². The Morgan fingerprint density at radius 3 is 3.00 bits per heavy atom. The third-order valence-corrected chi connectivity index (χ3v) is 2.48. The second-order valence-corrected chi connectivity index (χ2v) is 3.96. The van der Waals surface area contributed by atoms with E-state index in [9.17, 15) is 4.79 Å². The van der Waals surface area contributed by atoms with Gasteiger partial charge in [0.1, 0.15) is 0 Å². The fourth-order valence-electron chi connectivity index (χ4n) is 1.10. The number of rotatable bonds is 4. The first-order valence-electron chi connectivity index (χ1n) is 4.49. The third-order valence-electron chi connectivity index (χ3n) is 1.79. The predicted octanol–water partition coefficient (Wildman–Crippen LogP) is 2.81. The summed E-state index contributed by atoms with van der Waals surface area (Å²) in [5.41, 5.74) is 2.12. The maximum absolute atomic E-state index is 10.2. The van der Waals surface area contributed by atoms with E-state index in [2.05, 4.69) is 21.2 Å². The molecule has 0 bridgehead atoms. The molecule has 2 N–H and O–H groups in total. The van der Waals surface area contributed by atoms with Gasteiger partial charge in [-0.1, -0.05) is 12.1 Å². The number of halogens is 1. The lowest BCUT2D eigenvalue weighted by molar-refractivity contribution is -0.131. The van der Waals surface area contributed by atoms with Gasteiger partial charge >= 0.3 is 5.97 Å². The van der Waals surface area contributed by atoms with Gasteiger partial charge in [-0.3, -0.25) is 0 Å². The van der Waals surface area contributed by atoms with Crippen LogP contribution in [0.1, 0.15) is 5.56 Å². The molecule has 0 aliphatic heterocycles. The third kappa shape index (κ3) is 4.16. The molecule has 0 atom stereocenters. The van der Waals surface area contributed by atoms with Crippen LogP contribution in [0.2, 0.25) is 0 Å². The number of benzene rings is 1. The Bertz CT molecular complexity index is 388. The minimum Gasteiger partial charge on any atom is -0.478 e. The molecule has 15 heavy (non-hydrogen) atoms. The number of carboxylic acid groups (broad SMARTS) is 1. The summed E-state index contributed by atoms with van der Waals surface area (Å²) in [6.07, 6.45) is 2.69. The molecule has 80 valence electrons. The van der Waals surface area contributed by atoms with Crippen molar-refractivity contribution in [3.63, 3.8) is 0 Å². The molecule has 0 aliphatic carbocycles. The van der Waals surface area contributed by atoms with Crippen LogP contribution in [0.25, 0.3) is 0 Å². The summed E-state index contributed by atoms with van der Waals surface area (Å²) in [4.78, 5) is 10.2. The SMILES string of the molecule is Cc1ccc(Br)c(NC/C=C/C(=O)O)c1. The highest BCUT2D eigenvalue weighted by Crippen LogP contribution is 2.22. The van der Waals surface area contributed by atoms with E-state index in [4.69, 9.17) is 5.11 Å². The second kappa shape index (κ2) is 5.56. The fraction of sp³-hybridized carbons (Fsp3) is 0.182. The summed E-state index contributed by atoms with van der Waals surface area (Å²) in [5.74, 6) is -0.930. The molecule has 0 saturated carbocycles. The Hall–Kier alpha value is -1.29. The van der Waals surface area contributed by atoms with Crippen molar-refractivity contribution < 1.29 is 9.90 Å². The fourth-order valence-corrected chi connectivity index (χ4v) is 1.49. The van der Waals surface area contributed by atoms with Crippen LogP contribution in [-0.2, 0) is 4.79 Å². The van der Waals surface area contributed by atoms with E-state index in [1.165, 1.54) is 0 Å². The number of aryl methyl sites for hydroxylation is 1. The van der Waals surface area contributed by atoms with Gasteiger partial charge in [0, 0.05) is 22.8 Å². The quantitative estimate of drug-likeness (QED) is 0.827. The van der Waals surface area contributed by atoms with E-state index >= 15 is 0 Å². The van der Waals surface area contributed by atoms with Crippen molar-refractivity contribution in [3.8, 4) is 0 Å². The monoisotopic (exact) mass is 269 g/mol. The van der Waals surface area contributed by atoms with Crippen LogP contribution in [0.5, 0.6) is 0 Å². The molecule has 1 rings (SSSR count). The number of aliphatic carboxylic acids is 1. The van der Waals surface area contributed by atoms with Crippen molar-refractivity contribution in [1.82, 2.24) is 0 Å². The van der Waals surface area contributed by atoms with E-state index in [0.717, 1.165) is 21.8 Å². The van der Waals surface area contributed by atoms with Gasteiger partial charge in [0.15, 0.2) is 0 Å². The number of nitrogens with one attached hydrogen (secondary N) is 1. The Morgan fingerprint density at radius 2 is 2.33 bits per heavy atom. The molecular weight excluding hydrogens is 258 g/mol. The predicted molar refractivity (Wildman–Crippen MR) is 64.1 cm³/mol. The van der Waals surface area contributed by atoms with E-state index < -0.39 is 5.97 Å². The van der Waals surface area contributed by atoms with E-state index in [0.29, 0.717) is 6.54 Å². The maximum atomic E-state index is 10.2. The Kier molecular flexibility index (Phi) is 4.37. The molecule has 0 spiro atoms. The molecule has 0 aromatic heterocycles. The highest BCUT2D eigenvalue weighted by atomic mass is 79.9. The van der Waals surface area contributed by atoms with Crippen molar-refractivity contribution >= 4 is 27.6 Å². The zero-order valence-electron chi connectivity index (χ0n) is 8.33. The zero-order valence-corrected chi connectivity index (χ0v) is 9.91. The molecule has 1 aromatic rings. The van der Waals surface area contributed by atoms with E-state index in [-0.39, 0.29) is 0 Å². The number of hydrogen-bond acceptors (Lipinski definition) is 2. The van der Waals surface area contributed by atoms with Crippen molar-refractivity contribution in [2.75, 3.05) is 11.9 Å². The Morgan fingerprint density at radius 1 is 1.60 bits per heavy atom. The maximum Gasteiger partial charge on any atom is 0.328 e. The minimum atomic E-state index is -0.930. The molecule has 0 aliphatic rings. The first-order valence-corrected chi connectivity index (χ1v) is 5.28. The molecule has 1 aromatic carbocycles. The highest BCUT2D eigenvalue weighted by Gasteiger charge is 1.97. The van der Waals surface area contributed by atoms with E-state index in [1.54, 1.807) is 6.08 Å². The Balaban J connectivity index is 2.57. The van der Waals surface area contributed by atoms with Crippen molar-refractivity contribution in [2.24, 2.45) is 0 Å². The van der Waals surface area contributed by atoms with Gasteiger partial charge in [0.05, 0.1) is 0 Å². The first-order chi connectivity index (χ1) is 7.09. The van der Waals surface area contributed by atoms with Crippen LogP contribution in [0.15, 0.2) is 34.8 Å². The van der Waals surface area contributed by atoms with Crippen LogP contribution < -0.4 is 5.32 Å². The second-order valence-electron chi connectivity index (χ2n) is 3.10. The summed E-state index contributed by atoms with van der Waals surface area (Å²) in [6, 6.07) is 5.96. The van der Waals surface area contributed by atoms with Crippen LogP contribution in [0.3, 0.4) is 0 Å². The molecule has 0 unspecified atom stereocenters. The average molecular weight is 270 g/mol. The molecular formula is C11H12BrNO2. The van der Waals surface area contributed by atoms with Crippen LogP contribution in [0.4, 0.5) is 5.69 Å². The minimum absolute atomic E-state index is 0.494. The zero-order chi connectivity index (χ0) is 11.3. The van der Waals surface area contributed by atoms with Crippen LogP contribution in [0, 0.1) is 6.92 Å².